The van der Waals surface area contributed by atoms with Gasteiger partial charge in [0, 0.05) is 5.56 Å². The quantitative estimate of drug-likeness (QED) is 0.851. The van der Waals surface area contributed by atoms with Crippen LogP contribution in [0.3, 0.4) is 0 Å². The number of thiol groups is 1. The van der Waals surface area contributed by atoms with Crippen molar-refractivity contribution in [1.82, 2.24) is 0 Å². The minimum absolute atomic E-state index is 0.0449. The lowest BCUT2D eigenvalue weighted by Gasteiger charge is -2.17. The number of ether oxygens (including phenoxy) is 1. The second-order valence-electron chi connectivity index (χ2n) is 6.34. The molecule has 6 heteroatoms. The van der Waals surface area contributed by atoms with Crippen molar-refractivity contribution < 1.29 is 22.3 Å². The molecule has 0 atom stereocenters. The number of hydrogen-bond acceptors (Lipinski definition) is 4. The van der Waals surface area contributed by atoms with Crippen molar-refractivity contribution in [2.75, 3.05) is 0 Å². The number of rotatable bonds is 4. The first-order chi connectivity index (χ1) is 11.8. The van der Waals surface area contributed by atoms with Crippen LogP contribution in [0, 0.1) is 5.82 Å². The van der Waals surface area contributed by atoms with E-state index in [9.17, 15) is 17.6 Å². The summed E-state index contributed by atoms with van der Waals surface area (Å²) in [6.07, 6.45) is 0. The molecule has 1 aliphatic rings. The Morgan fingerprint density at radius 2 is 1.72 bits per heavy atom. The van der Waals surface area contributed by atoms with Crippen LogP contribution in [0.1, 0.15) is 30.5 Å². The maximum Gasteiger partial charge on any atom is 0.210 e. The summed E-state index contributed by atoms with van der Waals surface area (Å²) in [4.78, 5) is 12.7. The second kappa shape index (κ2) is 6.44. The molecule has 1 heterocycles. The van der Waals surface area contributed by atoms with Crippen LogP contribution in [0.5, 0.6) is 0 Å². The number of Topliss-reactive ketones (excluding diaryl/α,β-unsaturated/α-hetero) is 1. The summed E-state index contributed by atoms with van der Waals surface area (Å²) in [6.45, 7) is 3.33. The molecule has 1 aliphatic heterocycles. The summed E-state index contributed by atoms with van der Waals surface area (Å²) in [7, 11) is -2.51. The standard InChI is InChI=1S/C19H17FO4S/c1-19(2)18(21)16(14-4-3-5-15(20)10-14)17(24-19)13-8-6-12(7-9-13)11-25(22)23/h3-10,25H,11H2,1-2H3. The van der Waals surface area contributed by atoms with Crippen molar-refractivity contribution in [2.45, 2.75) is 25.2 Å². The number of hydrogen-bond donors (Lipinski definition) is 1. The Hall–Kier alpha value is -2.47. The van der Waals surface area contributed by atoms with E-state index in [-0.39, 0.29) is 11.5 Å². The summed E-state index contributed by atoms with van der Waals surface area (Å²) in [5.41, 5.74) is 1.03. The Bertz CT molecular complexity index is 932. The van der Waals surface area contributed by atoms with Gasteiger partial charge in [-0.3, -0.25) is 4.79 Å². The predicted octanol–water partition coefficient (Wildman–Crippen LogP) is 3.18. The molecule has 0 aromatic heterocycles. The molecule has 2 aromatic rings. The van der Waals surface area contributed by atoms with Gasteiger partial charge in [-0.05, 0) is 37.1 Å². The lowest BCUT2D eigenvalue weighted by molar-refractivity contribution is -0.125. The van der Waals surface area contributed by atoms with Crippen LogP contribution in [0.15, 0.2) is 48.5 Å². The molecule has 0 unspecified atom stereocenters. The van der Waals surface area contributed by atoms with Crippen molar-refractivity contribution in [3.63, 3.8) is 0 Å². The van der Waals surface area contributed by atoms with Gasteiger partial charge in [0.15, 0.2) is 5.60 Å². The van der Waals surface area contributed by atoms with Crippen LogP contribution in [0.4, 0.5) is 4.39 Å². The lowest BCUT2D eigenvalue weighted by Crippen LogP contribution is -2.29. The molecule has 0 N–H and O–H groups in total. The highest BCUT2D eigenvalue weighted by atomic mass is 32.2. The van der Waals surface area contributed by atoms with Gasteiger partial charge in [0.05, 0.1) is 11.3 Å². The monoisotopic (exact) mass is 360 g/mol. The van der Waals surface area contributed by atoms with Gasteiger partial charge in [0.25, 0.3) is 0 Å². The van der Waals surface area contributed by atoms with Gasteiger partial charge in [-0.25, -0.2) is 12.8 Å². The van der Waals surface area contributed by atoms with Gasteiger partial charge >= 0.3 is 0 Å². The number of halogens is 1. The third-order valence-corrected chi connectivity index (χ3v) is 4.62. The molecule has 2 aromatic carbocycles. The van der Waals surface area contributed by atoms with Gasteiger partial charge in [0.1, 0.15) is 22.3 Å². The van der Waals surface area contributed by atoms with E-state index >= 15 is 0 Å². The minimum atomic E-state index is -2.51. The number of carbonyl (C=O) groups excluding carboxylic acids is 1. The summed E-state index contributed by atoms with van der Waals surface area (Å²) >= 11 is 0. The number of benzene rings is 2. The fraction of sp³-hybridized carbons (Fsp3) is 0.211. The second-order valence-corrected chi connectivity index (χ2v) is 7.33. The predicted molar refractivity (Wildman–Crippen MR) is 93.8 cm³/mol. The zero-order chi connectivity index (χ0) is 18.2. The first kappa shape index (κ1) is 17.4. The molecule has 0 aliphatic carbocycles. The molecule has 0 saturated heterocycles. The van der Waals surface area contributed by atoms with E-state index in [1.165, 1.54) is 12.1 Å². The topological polar surface area (TPSA) is 60.4 Å². The molecule has 0 saturated carbocycles. The van der Waals surface area contributed by atoms with Crippen molar-refractivity contribution in [3.05, 3.63) is 71.0 Å². The average Bonchev–Trinajstić information content (AvgIpc) is 2.78. The van der Waals surface area contributed by atoms with Gasteiger partial charge in [-0.2, -0.15) is 0 Å². The zero-order valence-corrected chi connectivity index (χ0v) is 14.7. The molecule has 0 amide bonds. The van der Waals surface area contributed by atoms with Crippen molar-refractivity contribution in [3.8, 4) is 0 Å². The molecular weight excluding hydrogens is 343 g/mol. The van der Waals surface area contributed by atoms with Crippen LogP contribution in [0.25, 0.3) is 11.3 Å². The van der Waals surface area contributed by atoms with Crippen LogP contribution in [0.2, 0.25) is 0 Å². The highest BCUT2D eigenvalue weighted by Crippen LogP contribution is 2.41. The molecule has 3 rings (SSSR count). The Labute approximate surface area is 146 Å². The first-order valence-corrected chi connectivity index (χ1v) is 9.09. The Balaban J connectivity index is 2.10. The van der Waals surface area contributed by atoms with Gasteiger partial charge < -0.3 is 4.74 Å². The van der Waals surface area contributed by atoms with E-state index in [1.807, 2.05) is 0 Å². The van der Waals surface area contributed by atoms with Gasteiger partial charge in [0.2, 0.25) is 5.78 Å². The molecule has 130 valence electrons. The smallest absolute Gasteiger partial charge is 0.210 e. The summed E-state index contributed by atoms with van der Waals surface area (Å²) in [5.74, 6) is -0.327. The lowest BCUT2D eigenvalue weighted by atomic mass is 9.92. The van der Waals surface area contributed by atoms with Crippen LogP contribution in [-0.4, -0.2) is 19.8 Å². The summed E-state index contributed by atoms with van der Waals surface area (Å²) in [6, 6.07) is 12.6. The van der Waals surface area contributed by atoms with Gasteiger partial charge in [-0.15, -0.1) is 0 Å². The Kier molecular flexibility index (Phi) is 4.47. The minimum Gasteiger partial charge on any atom is -0.478 e. The van der Waals surface area contributed by atoms with E-state index in [1.54, 1.807) is 50.2 Å². The Morgan fingerprint density at radius 3 is 2.32 bits per heavy atom. The fourth-order valence-electron chi connectivity index (χ4n) is 2.78. The zero-order valence-electron chi connectivity index (χ0n) is 13.8. The summed E-state index contributed by atoms with van der Waals surface area (Å²) < 4.78 is 41.1. The van der Waals surface area contributed by atoms with Crippen molar-refractivity contribution >= 4 is 27.8 Å². The van der Waals surface area contributed by atoms with Crippen LogP contribution in [-0.2, 0) is 26.0 Å². The molecule has 0 bridgehead atoms. The number of ketones is 1. The molecule has 0 radical (unpaired) electrons. The Morgan fingerprint density at radius 1 is 1.04 bits per heavy atom. The molecule has 0 fully saturated rings. The van der Waals surface area contributed by atoms with E-state index in [0.29, 0.717) is 28.0 Å². The van der Waals surface area contributed by atoms with Crippen molar-refractivity contribution in [1.29, 1.82) is 0 Å². The van der Waals surface area contributed by atoms with E-state index in [2.05, 4.69) is 0 Å². The third kappa shape index (κ3) is 3.49. The molecular formula is C19H17FO4S. The van der Waals surface area contributed by atoms with E-state index < -0.39 is 22.1 Å². The highest BCUT2D eigenvalue weighted by Gasteiger charge is 2.42. The summed E-state index contributed by atoms with van der Waals surface area (Å²) in [5, 5.41) is 0. The van der Waals surface area contributed by atoms with Crippen LogP contribution < -0.4 is 0 Å². The van der Waals surface area contributed by atoms with E-state index in [0.717, 1.165) is 0 Å². The molecule has 25 heavy (non-hydrogen) atoms. The SMILES string of the molecule is CC1(C)OC(c2ccc(C[SH](=O)=O)cc2)=C(c2cccc(F)c2)C1=O. The first-order valence-electron chi connectivity index (χ1n) is 7.73. The fourth-order valence-corrected chi connectivity index (χ4v) is 3.29. The van der Waals surface area contributed by atoms with Gasteiger partial charge in [-0.1, -0.05) is 36.4 Å². The van der Waals surface area contributed by atoms with Crippen molar-refractivity contribution in [2.24, 2.45) is 0 Å². The largest absolute Gasteiger partial charge is 0.478 e. The average molecular weight is 360 g/mol. The normalized spacial score (nSPS) is 16.4. The highest BCUT2D eigenvalue weighted by molar-refractivity contribution is 7.71. The number of carbonyl (C=O) groups is 1. The maximum atomic E-state index is 13.6. The maximum absolute atomic E-state index is 13.6. The van der Waals surface area contributed by atoms with Crippen LogP contribution >= 0.6 is 0 Å². The van der Waals surface area contributed by atoms with E-state index in [4.69, 9.17) is 4.74 Å². The molecule has 0 spiro atoms. The molecule has 4 nitrogen and oxygen atoms in total. The third-order valence-electron chi connectivity index (χ3n) is 4.00.